The smallest absolute Gasteiger partial charge is 0.548 e. The van der Waals surface area contributed by atoms with E-state index in [2.05, 4.69) is 5.32 Å². The second-order valence-electron chi connectivity index (χ2n) is 9.66. The van der Waals surface area contributed by atoms with Crippen molar-refractivity contribution in [2.75, 3.05) is 12.0 Å². The molecule has 0 fully saturated rings. The van der Waals surface area contributed by atoms with Gasteiger partial charge in [0.05, 0.1) is 12.0 Å². The van der Waals surface area contributed by atoms with Crippen molar-refractivity contribution in [3.8, 4) is 11.1 Å². The number of aliphatic carboxylic acids is 1. The zero-order valence-corrected chi connectivity index (χ0v) is 24.1. The molecule has 200 valence electrons. The van der Waals surface area contributed by atoms with Crippen LogP contribution in [0.4, 0.5) is 0 Å². The van der Waals surface area contributed by atoms with Crippen LogP contribution in [-0.2, 0) is 11.2 Å². The Bertz CT molecular complexity index is 1500. The molecule has 5 nitrogen and oxygen atoms in total. The number of rotatable bonds is 12. The van der Waals surface area contributed by atoms with Crippen molar-refractivity contribution in [3.63, 3.8) is 0 Å². The van der Waals surface area contributed by atoms with Crippen LogP contribution < -0.4 is 29.3 Å². The first-order valence-electron chi connectivity index (χ1n) is 13.1. The van der Waals surface area contributed by atoms with Crippen molar-refractivity contribution in [1.82, 2.24) is 5.32 Å². The van der Waals surface area contributed by atoms with Crippen LogP contribution in [0.15, 0.2) is 84.9 Å². The molecule has 4 aromatic carbocycles. The van der Waals surface area contributed by atoms with Gasteiger partial charge in [-0.1, -0.05) is 72.8 Å². The van der Waals surface area contributed by atoms with E-state index in [0.717, 1.165) is 33.0 Å². The van der Waals surface area contributed by atoms with Gasteiger partial charge in [0.1, 0.15) is 0 Å². The number of benzene rings is 4. The molecular weight excluding hydrogens is 513 g/mol. The zero-order chi connectivity index (χ0) is 27.8. The van der Waals surface area contributed by atoms with Gasteiger partial charge >= 0.3 is 18.9 Å². The van der Waals surface area contributed by atoms with Crippen LogP contribution in [0.3, 0.4) is 0 Å². The van der Waals surface area contributed by atoms with Crippen LogP contribution in [0.25, 0.3) is 21.9 Å². The van der Waals surface area contributed by atoms with Gasteiger partial charge in [-0.05, 0) is 83.4 Å². The molecule has 40 heavy (non-hydrogen) atoms. The van der Waals surface area contributed by atoms with Crippen LogP contribution in [-0.4, -0.2) is 35.7 Å². The van der Waals surface area contributed by atoms with Crippen LogP contribution in [0.1, 0.15) is 51.1 Å². The summed E-state index contributed by atoms with van der Waals surface area (Å²) < 4.78 is 0. The number of nitrogens with one attached hydrogen (secondary N) is 1. The summed E-state index contributed by atoms with van der Waals surface area (Å²) in [5.41, 5.74) is 4.79. The fraction of sp³-hybridized carbons (Fsp3) is 0.242. The van der Waals surface area contributed by atoms with Crippen molar-refractivity contribution in [2.45, 2.75) is 38.6 Å². The molecular formula is C33H32LiNO4S. The minimum absolute atomic E-state index is 0. The number of ketones is 1. The van der Waals surface area contributed by atoms with Gasteiger partial charge in [0.25, 0.3) is 5.91 Å². The van der Waals surface area contributed by atoms with Gasteiger partial charge in [0, 0.05) is 17.5 Å². The first-order valence-corrected chi connectivity index (χ1v) is 14.5. The number of carbonyl (C=O) groups excluding carboxylic acids is 3. The van der Waals surface area contributed by atoms with Gasteiger partial charge in [0.2, 0.25) is 0 Å². The van der Waals surface area contributed by atoms with E-state index in [-0.39, 0.29) is 31.1 Å². The van der Waals surface area contributed by atoms with Crippen LogP contribution >= 0.6 is 11.8 Å². The third-order valence-electron chi connectivity index (χ3n) is 6.91. The monoisotopic (exact) mass is 545 g/mol. The standard InChI is InChI=1S/C33H33NO4S.Li/c1-22-8-3-6-12-27(22)29-20-23(14-17-28(29)32(36)34-30(33(37)38)18-19-39-2)9-7-13-31(35)26-16-15-24-10-4-5-11-25(24)21-26;/h3-6,8,10-12,14-17,20-21,30H,7,9,13,18-19H2,1-2H3,(H,34,36)(H,37,38);/q;+1/p-1/t30-;/m0./s1. The quantitative estimate of drug-likeness (QED) is 0.219. The summed E-state index contributed by atoms with van der Waals surface area (Å²) in [7, 11) is 0. The average molecular weight is 546 g/mol. The molecule has 0 aromatic heterocycles. The Morgan fingerprint density at radius 3 is 2.33 bits per heavy atom. The number of aryl methyl sites for hydroxylation is 2. The number of Topliss-reactive ketones (excluding diaryl/α,β-unsaturated/α-hetero) is 1. The molecule has 0 spiro atoms. The molecule has 0 aliphatic carbocycles. The Morgan fingerprint density at radius 2 is 1.60 bits per heavy atom. The zero-order valence-electron chi connectivity index (χ0n) is 23.2. The topological polar surface area (TPSA) is 86.3 Å². The molecule has 0 unspecified atom stereocenters. The summed E-state index contributed by atoms with van der Waals surface area (Å²) in [6.45, 7) is 1.98. The average Bonchev–Trinajstić information content (AvgIpc) is 2.94. The fourth-order valence-corrected chi connectivity index (χ4v) is 5.20. The van der Waals surface area contributed by atoms with Crippen molar-refractivity contribution < 1.29 is 38.4 Å². The Kier molecular flexibility index (Phi) is 11.6. The first-order chi connectivity index (χ1) is 18.9. The SMILES string of the molecule is CSCC[C@H](NC(=O)c1ccc(CCCC(=O)c2ccc3ccccc3c2)cc1-c1ccccc1C)C(=O)[O-].[Li+]. The molecule has 0 saturated heterocycles. The third-order valence-corrected chi connectivity index (χ3v) is 7.55. The van der Waals surface area contributed by atoms with Crippen molar-refractivity contribution in [3.05, 3.63) is 107 Å². The number of thioether (sulfide) groups is 1. The molecule has 0 aliphatic heterocycles. The summed E-state index contributed by atoms with van der Waals surface area (Å²) in [6, 6.07) is 26.1. The van der Waals surface area contributed by atoms with E-state index in [4.69, 9.17) is 0 Å². The van der Waals surface area contributed by atoms with Crippen LogP contribution in [0.5, 0.6) is 0 Å². The Hall–Kier alpha value is -3.30. The van der Waals surface area contributed by atoms with E-state index in [1.165, 1.54) is 11.8 Å². The van der Waals surface area contributed by atoms with E-state index in [0.29, 0.717) is 36.1 Å². The van der Waals surface area contributed by atoms with Crippen molar-refractivity contribution in [2.24, 2.45) is 0 Å². The minimum atomic E-state index is -1.29. The number of fused-ring (bicyclic) bond motifs is 1. The summed E-state index contributed by atoms with van der Waals surface area (Å²) in [5, 5.41) is 16.4. The molecule has 0 aliphatic rings. The molecule has 1 atom stereocenters. The van der Waals surface area contributed by atoms with Gasteiger partial charge in [-0.15, -0.1) is 0 Å². The summed E-state index contributed by atoms with van der Waals surface area (Å²) >= 11 is 1.52. The number of hydrogen-bond donors (Lipinski definition) is 1. The van der Waals surface area contributed by atoms with E-state index in [1.54, 1.807) is 6.07 Å². The molecule has 0 heterocycles. The fourth-order valence-electron chi connectivity index (χ4n) is 4.72. The summed E-state index contributed by atoms with van der Waals surface area (Å²) in [6.07, 6.45) is 3.95. The molecule has 0 radical (unpaired) electrons. The molecule has 7 heteroatoms. The predicted octanol–water partition coefficient (Wildman–Crippen LogP) is 2.63. The number of hydrogen-bond acceptors (Lipinski definition) is 5. The van der Waals surface area contributed by atoms with E-state index >= 15 is 0 Å². The van der Waals surface area contributed by atoms with E-state index < -0.39 is 17.9 Å². The van der Waals surface area contributed by atoms with Crippen molar-refractivity contribution in [1.29, 1.82) is 0 Å². The van der Waals surface area contributed by atoms with Crippen LogP contribution in [0.2, 0.25) is 0 Å². The van der Waals surface area contributed by atoms with E-state index in [9.17, 15) is 19.5 Å². The van der Waals surface area contributed by atoms with Crippen molar-refractivity contribution >= 4 is 40.2 Å². The maximum absolute atomic E-state index is 13.2. The summed E-state index contributed by atoms with van der Waals surface area (Å²) in [4.78, 5) is 37.7. The molecule has 1 amide bonds. The molecule has 1 N–H and O–H groups in total. The minimum Gasteiger partial charge on any atom is -0.548 e. The van der Waals surface area contributed by atoms with Gasteiger partial charge in [-0.3, -0.25) is 9.59 Å². The van der Waals surface area contributed by atoms with Crippen LogP contribution in [0, 0.1) is 6.92 Å². The Labute approximate surface area is 251 Å². The normalized spacial score (nSPS) is 11.4. The van der Waals surface area contributed by atoms with E-state index in [1.807, 2.05) is 92.0 Å². The third kappa shape index (κ3) is 7.88. The number of carboxylic acid groups (broad SMARTS) is 1. The first kappa shape index (κ1) is 31.2. The predicted molar refractivity (Wildman–Crippen MR) is 157 cm³/mol. The number of carbonyl (C=O) groups is 3. The van der Waals surface area contributed by atoms with Gasteiger partial charge in [0.15, 0.2) is 5.78 Å². The molecule has 4 aromatic rings. The Balaban J connectivity index is 0.00000441. The number of amides is 1. The van der Waals surface area contributed by atoms with Gasteiger partial charge in [-0.2, -0.15) is 11.8 Å². The van der Waals surface area contributed by atoms with Gasteiger partial charge < -0.3 is 15.2 Å². The Morgan fingerprint density at radius 1 is 0.875 bits per heavy atom. The maximum atomic E-state index is 13.2. The largest absolute Gasteiger partial charge is 1.00 e. The molecule has 4 rings (SSSR count). The number of carboxylic acids is 1. The summed E-state index contributed by atoms with van der Waals surface area (Å²) in [5.74, 6) is -1.03. The second kappa shape index (κ2) is 14.9. The second-order valence-corrected chi connectivity index (χ2v) is 10.6. The maximum Gasteiger partial charge on any atom is 1.00 e. The molecule has 0 saturated carbocycles. The van der Waals surface area contributed by atoms with Gasteiger partial charge in [-0.25, -0.2) is 0 Å². The molecule has 0 bridgehead atoms.